The van der Waals surface area contributed by atoms with Crippen LogP contribution in [-0.2, 0) is 11.3 Å². The average Bonchev–Trinajstić information content (AvgIpc) is 3.27. The van der Waals surface area contributed by atoms with E-state index in [0.717, 1.165) is 16.6 Å². The van der Waals surface area contributed by atoms with Gasteiger partial charge in [0, 0.05) is 18.7 Å². The molecular formula is C21H22N4O3. The Morgan fingerprint density at radius 3 is 2.75 bits per heavy atom. The van der Waals surface area contributed by atoms with Gasteiger partial charge in [0.05, 0.1) is 11.8 Å². The van der Waals surface area contributed by atoms with E-state index in [-0.39, 0.29) is 11.5 Å². The molecule has 1 amide bonds. The molecule has 0 bridgehead atoms. The fourth-order valence-electron chi connectivity index (χ4n) is 3.58. The summed E-state index contributed by atoms with van der Waals surface area (Å²) in [6, 6.07) is 10.7. The lowest BCUT2D eigenvalue weighted by Gasteiger charge is -2.18. The quantitative estimate of drug-likeness (QED) is 0.578. The number of nitrogens with one attached hydrogen (secondary N) is 1. The Labute approximate surface area is 161 Å². The number of amides is 1. The summed E-state index contributed by atoms with van der Waals surface area (Å²) in [7, 11) is 0. The molecule has 0 aliphatic carbocycles. The molecule has 0 saturated heterocycles. The van der Waals surface area contributed by atoms with Gasteiger partial charge in [-0.05, 0) is 31.4 Å². The highest BCUT2D eigenvalue weighted by atomic mass is 16.3. The zero-order valence-corrected chi connectivity index (χ0v) is 16.1. The highest BCUT2D eigenvalue weighted by molar-refractivity contribution is 5.83. The number of rotatable bonds is 5. The predicted octanol–water partition coefficient (Wildman–Crippen LogP) is 3.13. The number of aryl methyl sites for hydroxylation is 2. The maximum absolute atomic E-state index is 13.0. The van der Waals surface area contributed by atoms with Gasteiger partial charge in [0.25, 0.3) is 5.56 Å². The molecule has 0 spiro atoms. The van der Waals surface area contributed by atoms with Crippen LogP contribution in [0.15, 0.2) is 51.9 Å². The molecule has 0 aliphatic heterocycles. The highest BCUT2D eigenvalue weighted by Crippen LogP contribution is 2.21. The molecule has 144 valence electrons. The lowest BCUT2D eigenvalue weighted by molar-refractivity contribution is -0.125. The molecular weight excluding hydrogens is 356 g/mol. The van der Waals surface area contributed by atoms with Crippen molar-refractivity contribution in [1.82, 2.24) is 19.5 Å². The second-order valence-corrected chi connectivity index (χ2v) is 6.90. The number of hydrogen-bond acceptors (Lipinski definition) is 4. The van der Waals surface area contributed by atoms with Crippen molar-refractivity contribution in [2.75, 3.05) is 0 Å². The summed E-state index contributed by atoms with van der Waals surface area (Å²) in [5.74, 6) is 0.399. The van der Waals surface area contributed by atoms with Crippen LogP contribution in [0.2, 0.25) is 0 Å². The fourth-order valence-corrected chi connectivity index (χ4v) is 3.58. The number of benzene rings is 1. The van der Waals surface area contributed by atoms with E-state index >= 15 is 0 Å². The van der Waals surface area contributed by atoms with Gasteiger partial charge in [0.15, 0.2) is 5.58 Å². The average molecular weight is 378 g/mol. The van der Waals surface area contributed by atoms with Gasteiger partial charge in [-0.25, -0.2) is 4.68 Å². The number of fused-ring (bicyclic) bond motifs is 3. The Hall–Kier alpha value is -3.35. The Kier molecular flexibility index (Phi) is 4.50. The largest absolute Gasteiger partial charge is 0.463 e. The zero-order chi connectivity index (χ0) is 19.8. The van der Waals surface area contributed by atoms with Crippen molar-refractivity contribution in [2.24, 2.45) is 0 Å². The van der Waals surface area contributed by atoms with Crippen molar-refractivity contribution >= 4 is 22.5 Å². The van der Waals surface area contributed by atoms with Crippen LogP contribution in [0.1, 0.15) is 36.3 Å². The SMILES string of the molecule is CCC(C(=O)NCc1ccccc1C)n1nc(C)n2c(cc3occc32)c1=O. The first-order valence-corrected chi connectivity index (χ1v) is 9.31. The van der Waals surface area contributed by atoms with E-state index in [2.05, 4.69) is 10.4 Å². The molecule has 3 heterocycles. The molecule has 1 atom stereocenters. The van der Waals surface area contributed by atoms with Crippen LogP contribution < -0.4 is 10.9 Å². The number of nitrogens with zero attached hydrogens (tertiary/aromatic N) is 3. The summed E-state index contributed by atoms with van der Waals surface area (Å²) in [6.07, 6.45) is 2.04. The number of aromatic nitrogens is 3. The van der Waals surface area contributed by atoms with Crippen molar-refractivity contribution in [1.29, 1.82) is 0 Å². The first-order chi connectivity index (χ1) is 13.5. The van der Waals surface area contributed by atoms with Gasteiger partial charge >= 0.3 is 0 Å². The Bertz CT molecular complexity index is 1230. The van der Waals surface area contributed by atoms with Gasteiger partial charge in [0.1, 0.15) is 17.4 Å². The molecule has 4 aromatic rings. The van der Waals surface area contributed by atoms with E-state index in [1.54, 1.807) is 22.8 Å². The van der Waals surface area contributed by atoms with E-state index < -0.39 is 6.04 Å². The van der Waals surface area contributed by atoms with E-state index in [1.165, 1.54) is 4.68 Å². The predicted molar refractivity (Wildman–Crippen MR) is 106 cm³/mol. The van der Waals surface area contributed by atoms with E-state index in [0.29, 0.717) is 29.9 Å². The lowest BCUT2D eigenvalue weighted by Crippen LogP contribution is -2.39. The van der Waals surface area contributed by atoms with Crippen molar-refractivity contribution in [3.63, 3.8) is 0 Å². The third kappa shape index (κ3) is 2.89. The second kappa shape index (κ2) is 6.99. The van der Waals surface area contributed by atoms with E-state index in [1.807, 2.05) is 45.0 Å². The van der Waals surface area contributed by atoms with Crippen molar-refractivity contribution in [2.45, 2.75) is 39.8 Å². The van der Waals surface area contributed by atoms with Crippen LogP contribution in [0.4, 0.5) is 0 Å². The number of carbonyl (C=O) groups excluding carboxylic acids is 1. The third-order valence-corrected chi connectivity index (χ3v) is 5.13. The minimum Gasteiger partial charge on any atom is -0.463 e. The normalized spacial score (nSPS) is 12.5. The van der Waals surface area contributed by atoms with Crippen LogP contribution in [0.3, 0.4) is 0 Å². The van der Waals surface area contributed by atoms with Crippen molar-refractivity contribution < 1.29 is 9.21 Å². The van der Waals surface area contributed by atoms with Gasteiger partial charge in [-0.3, -0.25) is 14.0 Å². The molecule has 0 aliphatic rings. The molecule has 1 N–H and O–H groups in total. The summed E-state index contributed by atoms with van der Waals surface area (Å²) in [6.45, 7) is 6.10. The summed E-state index contributed by atoms with van der Waals surface area (Å²) in [5, 5.41) is 7.37. The number of carbonyl (C=O) groups is 1. The molecule has 0 radical (unpaired) electrons. The zero-order valence-electron chi connectivity index (χ0n) is 16.1. The maximum atomic E-state index is 13.0. The Morgan fingerprint density at radius 1 is 1.21 bits per heavy atom. The van der Waals surface area contributed by atoms with E-state index in [4.69, 9.17) is 4.42 Å². The van der Waals surface area contributed by atoms with Gasteiger partial charge in [-0.2, -0.15) is 5.10 Å². The second-order valence-electron chi connectivity index (χ2n) is 6.90. The van der Waals surface area contributed by atoms with Crippen LogP contribution in [0.5, 0.6) is 0 Å². The Balaban J connectivity index is 1.68. The van der Waals surface area contributed by atoms with Crippen LogP contribution in [0, 0.1) is 13.8 Å². The number of furan rings is 1. The monoisotopic (exact) mass is 378 g/mol. The highest BCUT2D eigenvalue weighted by Gasteiger charge is 2.23. The van der Waals surface area contributed by atoms with Gasteiger partial charge in [-0.1, -0.05) is 31.2 Å². The minimum atomic E-state index is -0.679. The molecule has 3 aromatic heterocycles. The summed E-state index contributed by atoms with van der Waals surface area (Å²) in [5.41, 5.74) is 3.71. The lowest BCUT2D eigenvalue weighted by atomic mass is 10.1. The minimum absolute atomic E-state index is 0.223. The third-order valence-electron chi connectivity index (χ3n) is 5.13. The van der Waals surface area contributed by atoms with Crippen LogP contribution in [0.25, 0.3) is 16.6 Å². The Morgan fingerprint density at radius 2 is 2.00 bits per heavy atom. The smallest absolute Gasteiger partial charge is 0.291 e. The van der Waals surface area contributed by atoms with Gasteiger partial charge in [0.2, 0.25) is 5.91 Å². The molecule has 1 aromatic carbocycles. The molecule has 4 rings (SSSR count). The van der Waals surface area contributed by atoms with Crippen LogP contribution in [-0.4, -0.2) is 20.1 Å². The first-order valence-electron chi connectivity index (χ1n) is 9.31. The molecule has 7 heteroatoms. The fraction of sp³-hybridized carbons (Fsp3) is 0.286. The molecule has 28 heavy (non-hydrogen) atoms. The number of hydrogen-bond donors (Lipinski definition) is 1. The van der Waals surface area contributed by atoms with Crippen molar-refractivity contribution in [3.05, 3.63) is 70.0 Å². The van der Waals surface area contributed by atoms with Gasteiger partial charge < -0.3 is 9.73 Å². The molecule has 0 saturated carbocycles. The molecule has 7 nitrogen and oxygen atoms in total. The van der Waals surface area contributed by atoms with Gasteiger partial charge in [-0.15, -0.1) is 0 Å². The maximum Gasteiger partial charge on any atom is 0.291 e. The van der Waals surface area contributed by atoms with Crippen molar-refractivity contribution in [3.8, 4) is 0 Å². The topological polar surface area (TPSA) is 81.5 Å². The summed E-state index contributed by atoms with van der Waals surface area (Å²) < 4.78 is 8.46. The first kappa shape index (κ1) is 18.0. The summed E-state index contributed by atoms with van der Waals surface area (Å²) >= 11 is 0. The standard InChI is InChI=1S/C21H22N4O3/c1-4-16(20(26)22-12-15-8-6-5-7-13(15)2)25-21(27)18-11-19-17(9-10-28-19)24(18)14(3)23-25/h5-11,16H,4,12H2,1-3H3,(H,22,26). The molecule has 0 fully saturated rings. The van der Waals surface area contributed by atoms with Crippen LogP contribution >= 0.6 is 0 Å². The summed E-state index contributed by atoms with van der Waals surface area (Å²) in [4.78, 5) is 25.9. The van der Waals surface area contributed by atoms with E-state index in [9.17, 15) is 9.59 Å². The molecule has 1 unspecified atom stereocenters.